The molecule has 1 aromatic carbocycles. The lowest BCUT2D eigenvalue weighted by Crippen LogP contribution is -2.57. The number of morpholine rings is 1. The molecule has 4 aliphatic rings. The molecule has 3 aromatic rings. The van der Waals surface area contributed by atoms with Crippen LogP contribution >= 0.6 is 23.2 Å². The molecule has 2 unspecified atom stereocenters. The first-order valence-corrected chi connectivity index (χ1v) is 12.8. The minimum Gasteiger partial charge on any atom is -0.495 e. The van der Waals surface area contributed by atoms with Gasteiger partial charge in [-0.2, -0.15) is 0 Å². The van der Waals surface area contributed by atoms with Gasteiger partial charge in [0.1, 0.15) is 17.0 Å². The lowest BCUT2D eigenvalue weighted by molar-refractivity contribution is -0.133. The third-order valence-electron chi connectivity index (χ3n) is 6.93. The van der Waals surface area contributed by atoms with Crippen molar-refractivity contribution in [2.45, 2.75) is 37.5 Å². The molecule has 0 aliphatic carbocycles. The average Bonchev–Trinajstić information content (AvgIpc) is 2.89. The fraction of sp³-hybridized carbons (Fsp3) is 0.480. The Hall–Kier alpha value is -2.59. The van der Waals surface area contributed by atoms with E-state index in [1.807, 2.05) is 12.3 Å². The van der Waals surface area contributed by atoms with E-state index in [1.54, 1.807) is 20.3 Å². The number of rotatable bonds is 6. The summed E-state index contributed by atoms with van der Waals surface area (Å²) in [5.74, 6) is 2.22. The van der Waals surface area contributed by atoms with Crippen molar-refractivity contribution in [3.63, 3.8) is 0 Å². The standard InChI is InChI=1S/C25H27Cl2N5O4/c1-33-18-8-19(34-2)22(27)20(21(18)26)17-6-13-9-28-25(29-14-4-3-5-35-12-14)31-23(13)24(30-17)32-10-15-7-16(11-32)36-15/h6,8-9,14-16H,3-5,7,10-12H2,1-2H3,(H,28,29,31)/t14-,15?,16?/m0/s1. The zero-order chi connectivity index (χ0) is 24.8. The van der Waals surface area contributed by atoms with Crippen molar-refractivity contribution in [2.75, 3.05) is 50.7 Å². The average molecular weight is 532 g/mol. The summed E-state index contributed by atoms with van der Waals surface area (Å²) in [5.41, 5.74) is 1.89. The highest BCUT2D eigenvalue weighted by atomic mass is 35.5. The maximum Gasteiger partial charge on any atom is 0.223 e. The van der Waals surface area contributed by atoms with Crippen molar-refractivity contribution in [2.24, 2.45) is 0 Å². The number of nitrogens with zero attached hydrogens (tertiary/aromatic N) is 4. The van der Waals surface area contributed by atoms with Gasteiger partial charge in [0.05, 0.1) is 54.8 Å². The molecule has 4 aliphatic heterocycles. The molecule has 11 heteroatoms. The molecule has 9 nitrogen and oxygen atoms in total. The van der Waals surface area contributed by atoms with E-state index in [1.165, 1.54) is 0 Å². The maximum absolute atomic E-state index is 6.74. The number of halogens is 2. The molecule has 4 saturated heterocycles. The Bertz CT molecular complexity index is 1260. The summed E-state index contributed by atoms with van der Waals surface area (Å²) >= 11 is 13.5. The van der Waals surface area contributed by atoms with E-state index in [9.17, 15) is 0 Å². The summed E-state index contributed by atoms with van der Waals surface area (Å²) in [6.45, 7) is 2.93. The van der Waals surface area contributed by atoms with E-state index in [2.05, 4.69) is 15.2 Å². The number of fused-ring (bicyclic) bond motifs is 3. The summed E-state index contributed by atoms with van der Waals surface area (Å²) < 4.78 is 22.4. The number of aromatic nitrogens is 3. The Kier molecular flexibility index (Phi) is 6.41. The molecule has 3 atom stereocenters. The summed E-state index contributed by atoms with van der Waals surface area (Å²) in [6, 6.07) is 3.76. The van der Waals surface area contributed by atoms with E-state index < -0.39 is 0 Å². The van der Waals surface area contributed by atoms with Crippen LogP contribution in [0.15, 0.2) is 18.3 Å². The number of piperidine rings is 1. The highest BCUT2D eigenvalue weighted by molar-refractivity contribution is 6.41. The molecule has 2 bridgehead atoms. The predicted molar refractivity (Wildman–Crippen MR) is 139 cm³/mol. The molecule has 0 spiro atoms. The molecule has 6 heterocycles. The second-order valence-corrected chi connectivity index (χ2v) is 10.1. The number of pyridine rings is 1. The minimum absolute atomic E-state index is 0.185. The van der Waals surface area contributed by atoms with Crippen LogP contribution in [0.1, 0.15) is 19.3 Å². The second-order valence-electron chi connectivity index (χ2n) is 9.33. The van der Waals surface area contributed by atoms with Crippen molar-refractivity contribution < 1.29 is 18.9 Å². The van der Waals surface area contributed by atoms with Gasteiger partial charge in [-0.3, -0.25) is 0 Å². The zero-order valence-corrected chi connectivity index (χ0v) is 21.6. The Morgan fingerprint density at radius 3 is 2.42 bits per heavy atom. The fourth-order valence-corrected chi connectivity index (χ4v) is 5.81. The number of ether oxygens (including phenoxy) is 4. The molecule has 0 amide bonds. The summed E-state index contributed by atoms with van der Waals surface area (Å²) in [4.78, 5) is 16.8. The van der Waals surface area contributed by atoms with Gasteiger partial charge in [-0.1, -0.05) is 23.2 Å². The van der Waals surface area contributed by atoms with Crippen LogP contribution in [0.5, 0.6) is 11.5 Å². The number of hydrogen-bond acceptors (Lipinski definition) is 9. The summed E-state index contributed by atoms with van der Waals surface area (Å²) in [5, 5.41) is 4.98. The van der Waals surface area contributed by atoms with Gasteiger partial charge in [0, 0.05) is 49.3 Å². The van der Waals surface area contributed by atoms with Gasteiger partial charge in [-0.05, 0) is 18.9 Å². The molecule has 190 valence electrons. The monoisotopic (exact) mass is 531 g/mol. The van der Waals surface area contributed by atoms with Crippen LogP contribution in [0.3, 0.4) is 0 Å². The number of benzene rings is 1. The first-order valence-electron chi connectivity index (χ1n) is 12.1. The van der Waals surface area contributed by atoms with Gasteiger partial charge in [-0.25, -0.2) is 15.0 Å². The highest BCUT2D eigenvalue weighted by Crippen LogP contribution is 2.46. The third kappa shape index (κ3) is 4.28. The Balaban J connectivity index is 1.48. The molecule has 7 rings (SSSR count). The molecule has 36 heavy (non-hydrogen) atoms. The fourth-order valence-electron chi connectivity index (χ4n) is 5.12. The van der Waals surface area contributed by atoms with Gasteiger partial charge >= 0.3 is 0 Å². The van der Waals surface area contributed by atoms with Crippen LogP contribution in [0.25, 0.3) is 22.2 Å². The minimum atomic E-state index is 0.185. The summed E-state index contributed by atoms with van der Waals surface area (Å²) in [6.07, 6.45) is 5.32. The molecule has 0 saturated carbocycles. The normalized spacial score (nSPS) is 23.3. The van der Waals surface area contributed by atoms with Crippen molar-refractivity contribution in [3.8, 4) is 22.8 Å². The largest absolute Gasteiger partial charge is 0.495 e. The smallest absolute Gasteiger partial charge is 0.223 e. The van der Waals surface area contributed by atoms with Crippen molar-refractivity contribution in [1.29, 1.82) is 0 Å². The van der Waals surface area contributed by atoms with E-state index in [0.29, 0.717) is 45.4 Å². The van der Waals surface area contributed by atoms with E-state index >= 15 is 0 Å². The van der Waals surface area contributed by atoms with Gasteiger partial charge < -0.3 is 29.2 Å². The van der Waals surface area contributed by atoms with Crippen LogP contribution in [-0.2, 0) is 9.47 Å². The van der Waals surface area contributed by atoms with Crippen LogP contribution in [0.2, 0.25) is 10.0 Å². The summed E-state index contributed by atoms with van der Waals surface area (Å²) in [7, 11) is 3.11. The first-order chi connectivity index (χ1) is 17.5. The van der Waals surface area contributed by atoms with E-state index in [4.69, 9.17) is 52.1 Å². The maximum atomic E-state index is 6.74. The lowest BCUT2D eigenvalue weighted by Gasteiger charge is -2.47. The number of hydrogen-bond donors (Lipinski definition) is 1. The SMILES string of the molecule is COc1cc(OC)c(Cl)c(-c2cc3cnc(N[C@H]4CCCOC4)nc3c(N3CC4CC(C3)O4)n2)c1Cl. The first kappa shape index (κ1) is 23.8. The topological polar surface area (TPSA) is 90.9 Å². The van der Waals surface area contributed by atoms with Gasteiger partial charge in [0.15, 0.2) is 5.82 Å². The van der Waals surface area contributed by atoms with Crippen molar-refractivity contribution in [3.05, 3.63) is 28.4 Å². The number of nitrogens with one attached hydrogen (secondary N) is 1. The quantitative estimate of drug-likeness (QED) is 0.490. The number of anilines is 2. The highest BCUT2D eigenvalue weighted by Gasteiger charge is 2.39. The van der Waals surface area contributed by atoms with Crippen LogP contribution < -0.4 is 19.7 Å². The van der Waals surface area contributed by atoms with Crippen LogP contribution in [0.4, 0.5) is 11.8 Å². The van der Waals surface area contributed by atoms with Gasteiger partial charge in [0.2, 0.25) is 5.95 Å². The molecule has 2 aromatic heterocycles. The van der Waals surface area contributed by atoms with E-state index in [-0.39, 0.29) is 18.2 Å². The molecular weight excluding hydrogens is 505 g/mol. The third-order valence-corrected chi connectivity index (χ3v) is 7.68. The zero-order valence-electron chi connectivity index (χ0n) is 20.1. The molecule has 0 radical (unpaired) electrons. The Morgan fingerprint density at radius 2 is 1.78 bits per heavy atom. The van der Waals surface area contributed by atoms with Gasteiger partial charge in [-0.15, -0.1) is 0 Å². The van der Waals surface area contributed by atoms with Crippen molar-refractivity contribution >= 4 is 45.9 Å². The molecule has 1 N–H and O–H groups in total. The van der Waals surface area contributed by atoms with E-state index in [0.717, 1.165) is 55.7 Å². The second kappa shape index (κ2) is 9.70. The lowest BCUT2D eigenvalue weighted by atomic mass is 9.98. The van der Waals surface area contributed by atoms with Crippen LogP contribution in [-0.4, -0.2) is 73.7 Å². The molecular formula is C25H27Cl2N5O4. The van der Waals surface area contributed by atoms with Crippen LogP contribution in [0, 0.1) is 0 Å². The van der Waals surface area contributed by atoms with Crippen molar-refractivity contribution in [1.82, 2.24) is 15.0 Å². The van der Waals surface area contributed by atoms with Gasteiger partial charge in [0.25, 0.3) is 0 Å². The Morgan fingerprint density at radius 1 is 1.06 bits per heavy atom. The predicted octanol–water partition coefficient (Wildman–Crippen LogP) is 4.58. The number of methoxy groups -OCH3 is 2. The molecule has 4 fully saturated rings. The Labute approximate surface area is 219 Å².